The third-order valence-corrected chi connectivity index (χ3v) is 4.16. The second kappa shape index (κ2) is 6.70. The Morgan fingerprint density at radius 2 is 1.17 bits per heavy atom. The number of aryl methyl sites for hydroxylation is 1. The van der Waals surface area contributed by atoms with Crippen LogP contribution in [0.2, 0.25) is 0 Å². The summed E-state index contributed by atoms with van der Waals surface area (Å²) in [5.41, 5.74) is 6.30. The van der Waals surface area contributed by atoms with Gasteiger partial charge in [0.1, 0.15) is 0 Å². The van der Waals surface area contributed by atoms with Crippen molar-refractivity contribution in [1.29, 1.82) is 0 Å². The molecule has 0 aliphatic carbocycles. The van der Waals surface area contributed by atoms with Crippen molar-refractivity contribution in [1.82, 2.24) is 0 Å². The lowest BCUT2D eigenvalue weighted by Crippen LogP contribution is -2.10. The SMILES string of the molecule is Cc1cc(N(c2ccccc2)c2ccccc2)ccc1C(C)C. The summed E-state index contributed by atoms with van der Waals surface area (Å²) >= 11 is 0. The Hall–Kier alpha value is -2.54. The van der Waals surface area contributed by atoms with E-state index in [4.69, 9.17) is 0 Å². The maximum atomic E-state index is 2.30. The predicted octanol–water partition coefficient (Wildman–Crippen LogP) is 6.59. The van der Waals surface area contributed by atoms with Gasteiger partial charge in [0.2, 0.25) is 0 Å². The van der Waals surface area contributed by atoms with E-state index < -0.39 is 0 Å². The molecule has 0 saturated carbocycles. The molecule has 0 amide bonds. The van der Waals surface area contributed by atoms with Crippen molar-refractivity contribution in [3.8, 4) is 0 Å². The molecule has 23 heavy (non-hydrogen) atoms. The van der Waals surface area contributed by atoms with Crippen LogP contribution in [0.1, 0.15) is 30.9 Å². The molecular weight excluding hydrogens is 278 g/mol. The quantitative estimate of drug-likeness (QED) is 0.525. The van der Waals surface area contributed by atoms with Gasteiger partial charge in [0.05, 0.1) is 0 Å². The molecule has 0 bridgehead atoms. The highest BCUT2D eigenvalue weighted by molar-refractivity contribution is 5.76. The molecule has 0 aliphatic rings. The van der Waals surface area contributed by atoms with Gasteiger partial charge in [-0.3, -0.25) is 0 Å². The minimum Gasteiger partial charge on any atom is -0.310 e. The zero-order valence-electron chi connectivity index (χ0n) is 14.0. The normalized spacial score (nSPS) is 10.8. The Bertz CT molecular complexity index is 721. The largest absolute Gasteiger partial charge is 0.310 e. The van der Waals surface area contributed by atoms with E-state index in [-0.39, 0.29) is 0 Å². The van der Waals surface area contributed by atoms with Gasteiger partial charge in [0.15, 0.2) is 0 Å². The summed E-state index contributed by atoms with van der Waals surface area (Å²) in [4.78, 5) is 2.30. The van der Waals surface area contributed by atoms with Crippen molar-refractivity contribution >= 4 is 17.1 Å². The van der Waals surface area contributed by atoms with E-state index in [2.05, 4.69) is 105 Å². The number of hydrogen-bond acceptors (Lipinski definition) is 1. The Kier molecular flexibility index (Phi) is 4.47. The van der Waals surface area contributed by atoms with E-state index in [1.54, 1.807) is 0 Å². The van der Waals surface area contributed by atoms with Crippen molar-refractivity contribution in [3.05, 3.63) is 90.0 Å². The molecule has 0 heterocycles. The van der Waals surface area contributed by atoms with Crippen LogP contribution in [0.25, 0.3) is 0 Å². The van der Waals surface area contributed by atoms with Crippen LogP contribution in [-0.2, 0) is 0 Å². The fraction of sp³-hybridized carbons (Fsp3) is 0.182. The van der Waals surface area contributed by atoms with E-state index in [1.807, 2.05) is 0 Å². The van der Waals surface area contributed by atoms with Gasteiger partial charge in [0.25, 0.3) is 0 Å². The van der Waals surface area contributed by atoms with Gasteiger partial charge in [-0.25, -0.2) is 0 Å². The van der Waals surface area contributed by atoms with Crippen LogP contribution in [0.3, 0.4) is 0 Å². The molecular formula is C22H23N. The molecule has 0 N–H and O–H groups in total. The Morgan fingerprint density at radius 3 is 1.61 bits per heavy atom. The van der Waals surface area contributed by atoms with Crippen molar-refractivity contribution in [3.63, 3.8) is 0 Å². The molecule has 1 nitrogen and oxygen atoms in total. The van der Waals surface area contributed by atoms with Crippen molar-refractivity contribution in [2.75, 3.05) is 4.90 Å². The first-order valence-electron chi connectivity index (χ1n) is 8.17. The van der Waals surface area contributed by atoms with E-state index in [0.29, 0.717) is 5.92 Å². The fourth-order valence-corrected chi connectivity index (χ4v) is 3.05. The topological polar surface area (TPSA) is 3.24 Å². The maximum absolute atomic E-state index is 2.30. The molecule has 3 aromatic carbocycles. The molecule has 3 aromatic rings. The lowest BCUT2D eigenvalue weighted by atomic mass is 9.97. The average Bonchev–Trinajstić information content (AvgIpc) is 2.57. The minimum atomic E-state index is 0.547. The van der Waals surface area contributed by atoms with E-state index in [1.165, 1.54) is 28.2 Å². The molecule has 0 unspecified atom stereocenters. The fourth-order valence-electron chi connectivity index (χ4n) is 3.05. The van der Waals surface area contributed by atoms with Gasteiger partial charge in [-0.2, -0.15) is 0 Å². The summed E-state index contributed by atoms with van der Waals surface area (Å²) in [6.07, 6.45) is 0. The van der Waals surface area contributed by atoms with Gasteiger partial charge in [-0.15, -0.1) is 0 Å². The summed E-state index contributed by atoms with van der Waals surface area (Å²) in [6.45, 7) is 6.69. The van der Waals surface area contributed by atoms with Crippen LogP contribution in [0.5, 0.6) is 0 Å². The van der Waals surface area contributed by atoms with Crippen molar-refractivity contribution in [2.24, 2.45) is 0 Å². The zero-order chi connectivity index (χ0) is 16.2. The lowest BCUT2D eigenvalue weighted by molar-refractivity contribution is 0.856. The third kappa shape index (κ3) is 3.29. The van der Waals surface area contributed by atoms with Crippen molar-refractivity contribution in [2.45, 2.75) is 26.7 Å². The summed E-state index contributed by atoms with van der Waals surface area (Å²) in [7, 11) is 0. The zero-order valence-corrected chi connectivity index (χ0v) is 14.0. The molecule has 0 atom stereocenters. The van der Waals surface area contributed by atoms with Crippen LogP contribution in [-0.4, -0.2) is 0 Å². The second-order valence-corrected chi connectivity index (χ2v) is 6.20. The van der Waals surface area contributed by atoms with E-state index >= 15 is 0 Å². The van der Waals surface area contributed by atoms with Crippen LogP contribution >= 0.6 is 0 Å². The van der Waals surface area contributed by atoms with Gasteiger partial charge in [-0.1, -0.05) is 56.3 Å². The lowest BCUT2D eigenvalue weighted by Gasteiger charge is -2.26. The number of hydrogen-bond donors (Lipinski definition) is 0. The average molecular weight is 301 g/mol. The molecule has 0 aromatic heterocycles. The maximum Gasteiger partial charge on any atom is 0.0464 e. The van der Waals surface area contributed by atoms with Crippen LogP contribution < -0.4 is 4.90 Å². The number of anilines is 3. The highest BCUT2D eigenvalue weighted by atomic mass is 15.1. The minimum absolute atomic E-state index is 0.547. The van der Waals surface area contributed by atoms with E-state index in [9.17, 15) is 0 Å². The van der Waals surface area contributed by atoms with Gasteiger partial charge in [0, 0.05) is 17.1 Å². The Labute approximate surface area is 139 Å². The van der Waals surface area contributed by atoms with Crippen LogP contribution in [0, 0.1) is 6.92 Å². The number of nitrogens with zero attached hydrogens (tertiary/aromatic N) is 1. The summed E-state index contributed by atoms with van der Waals surface area (Å²) in [6, 6.07) is 27.8. The summed E-state index contributed by atoms with van der Waals surface area (Å²) in [5, 5.41) is 0. The third-order valence-electron chi connectivity index (χ3n) is 4.16. The first-order valence-corrected chi connectivity index (χ1v) is 8.17. The molecule has 0 saturated heterocycles. The summed E-state index contributed by atoms with van der Waals surface area (Å²) < 4.78 is 0. The van der Waals surface area contributed by atoms with Crippen LogP contribution in [0.15, 0.2) is 78.9 Å². The highest BCUT2D eigenvalue weighted by Crippen LogP contribution is 2.35. The van der Waals surface area contributed by atoms with Gasteiger partial charge >= 0.3 is 0 Å². The molecule has 0 spiro atoms. The van der Waals surface area contributed by atoms with Crippen molar-refractivity contribution < 1.29 is 0 Å². The van der Waals surface area contributed by atoms with Crippen LogP contribution in [0.4, 0.5) is 17.1 Å². The Balaban J connectivity index is 2.11. The number of benzene rings is 3. The molecule has 116 valence electrons. The first-order chi connectivity index (χ1) is 11.2. The molecule has 0 fully saturated rings. The molecule has 0 aliphatic heterocycles. The van der Waals surface area contributed by atoms with E-state index in [0.717, 1.165) is 0 Å². The molecule has 0 radical (unpaired) electrons. The summed E-state index contributed by atoms with van der Waals surface area (Å²) in [5.74, 6) is 0.547. The monoisotopic (exact) mass is 301 g/mol. The number of para-hydroxylation sites is 2. The predicted molar refractivity (Wildman–Crippen MR) is 100.0 cm³/mol. The standard InChI is InChI=1S/C22H23N/c1-17(2)22-15-14-21(16-18(22)3)23(19-10-6-4-7-11-19)20-12-8-5-9-13-20/h4-17H,1-3H3. The van der Waals surface area contributed by atoms with Gasteiger partial charge < -0.3 is 4.90 Å². The smallest absolute Gasteiger partial charge is 0.0464 e. The molecule has 3 rings (SSSR count). The first kappa shape index (κ1) is 15.4. The molecule has 1 heteroatoms. The second-order valence-electron chi connectivity index (χ2n) is 6.20. The Morgan fingerprint density at radius 1 is 0.652 bits per heavy atom. The van der Waals surface area contributed by atoms with Gasteiger partial charge in [-0.05, 0) is 60.4 Å². The number of rotatable bonds is 4. The highest BCUT2D eigenvalue weighted by Gasteiger charge is 2.13.